The Morgan fingerprint density at radius 2 is 1.03 bits per heavy atom. The molecular formula is C32H33N3. The number of rotatable bonds is 5. The number of benzene rings is 4. The highest BCUT2D eigenvalue weighted by molar-refractivity contribution is 5.88. The molecule has 3 nitrogen and oxygen atoms in total. The lowest BCUT2D eigenvalue weighted by Gasteiger charge is -2.51. The van der Waals surface area contributed by atoms with Crippen molar-refractivity contribution in [2.24, 2.45) is 4.99 Å². The maximum Gasteiger partial charge on any atom is 0.0671 e. The first-order chi connectivity index (χ1) is 16.9. The maximum atomic E-state index is 5.02. The molecule has 1 aliphatic heterocycles. The van der Waals surface area contributed by atoms with Gasteiger partial charge in [0.15, 0.2) is 0 Å². The first-order valence-electron chi connectivity index (χ1n) is 12.1. The summed E-state index contributed by atoms with van der Waals surface area (Å²) in [6.07, 6.45) is 2.17. The topological polar surface area (TPSA) is 18.8 Å². The zero-order chi connectivity index (χ0) is 24.6. The lowest BCUT2D eigenvalue weighted by molar-refractivity contribution is 0.434. The van der Waals surface area contributed by atoms with Gasteiger partial charge in [-0.05, 0) is 59.5 Å². The minimum atomic E-state index is -0.470. The summed E-state index contributed by atoms with van der Waals surface area (Å²) in [6.45, 7) is 2.33. The van der Waals surface area contributed by atoms with Gasteiger partial charge in [0.1, 0.15) is 0 Å². The highest BCUT2D eigenvalue weighted by atomic mass is 15.1. The van der Waals surface area contributed by atoms with Gasteiger partial charge in [0, 0.05) is 51.2 Å². The molecule has 0 fully saturated rings. The quantitative estimate of drug-likeness (QED) is 0.326. The minimum Gasteiger partial charge on any atom is -0.378 e. The van der Waals surface area contributed by atoms with Gasteiger partial charge in [0.05, 0.1) is 11.1 Å². The summed E-state index contributed by atoms with van der Waals surface area (Å²) in [5.74, 6) is 0. The molecule has 176 valence electrons. The van der Waals surface area contributed by atoms with E-state index in [2.05, 4.69) is 154 Å². The number of fused-ring (bicyclic) bond motifs is 1. The van der Waals surface area contributed by atoms with Crippen LogP contribution >= 0.6 is 0 Å². The number of anilines is 2. The molecule has 0 aromatic heterocycles. The van der Waals surface area contributed by atoms with Crippen LogP contribution in [-0.4, -0.2) is 34.4 Å². The van der Waals surface area contributed by atoms with E-state index < -0.39 is 10.8 Å². The molecule has 5 rings (SSSR count). The summed E-state index contributed by atoms with van der Waals surface area (Å²) in [4.78, 5) is 9.31. The molecule has 35 heavy (non-hydrogen) atoms. The van der Waals surface area contributed by atoms with Crippen LogP contribution in [0.1, 0.15) is 29.2 Å². The number of aliphatic imine (C=N–C) groups is 1. The van der Waals surface area contributed by atoms with Crippen LogP contribution in [0.3, 0.4) is 0 Å². The summed E-state index contributed by atoms with van der Waals surface area (Å²) in [6, 6.07) is 37.5. The van der Waals surface area contributed by atoms with Crippen LogP contribution in [0.4, 0.5) is 17.1 Å². The first-order valence-corrected chi connectivity index (χ1v) is 12.1. The lowest BCUT2D eigenvalue weighted by atomic mass is 9.51. The third-order valence-electron chi connectivity index (χ3n) is 7.56. The van der Waals surface area contributed by atoms with Gasteiger partial charge in [-0.1, -0.05) is 72.8 Å². The molecular weight excluding hydrogens is 426 g/mol. The molecule has 0 radical (unpaired) electrons. The van der Waals surface area contributed by atoms with Crippen molar-refractivity contribution >= 4 is 23.3 Å². The molecule has 0 saturated heterocycles. The van der Waals surface area contributed by atoms with E-state index in [4.69, 9.17) is 4.99 Å². The van der Waals surface area contributed by atoms with Gasteiger partial charge in [-0.2, -0.15) is 0 Å². The van der Waals surface area contributed by atoms with Gasteiger partial charge < -0.3 is 9.80 Å². The number of hydrogen-bond acceptors (Lipinski definition) is 3. The van der Waals surface area contributed by atoms with E-state index in [-0.39, 0.29) is 0 Å². The van der Waals surface area contributed by atoms with Gasteiger partial charge in [-0.3, -0.25) is 4.99 Å². The second-order valence-electron chi connectivity index (χ2n) is 9.98. The van der Waals surface area contributed by atoms with Gasteiger partial charge in [0.2, 0.25) is 0 Å². The van der Waals surface area contributed by atoms with E-state index >= 15 is 0 Å². The van der Waals surface area contributed by atoms with Crippen molar-refractivity contribution in [3.8, 4) is 0 Å². The highest BCUT2D eigenvalue weighted by Crippen LogP contribution is 2.57. The van der Waals surface area contributed by atoms with Gasteiger partial charge in [0.25, 0.3) is 0 Å². The molecule has 1 aliphatic rings. The summed E-state index contributed by atoms with van der Waals surface area (Å²) < 4.78 is 0. The zero-order valence-electron chi connectivity index (χ0n) is 21.2. The second kappa shape index (κ2) is 8.74. The Hall–Kier alpha value is -3.85. The van der Waals surface area contributed by atoms with Crippen molar-refractivity contribution in [3.05, 3.63) is 125 Å². The van der Waals surface area contributed by atoms with Crippen LogP contribution in [0.2, 0.25) is 0 Å². The van der Waals surface area contributed by atoms with Crippen molar-refractivity contribution in [3.63, 3.8) is 0 Å². The standard InChI is InChI=1S/C32H33N3/c1-31(24-11-7-6-8-12-24)23-33-30-14-10-9-13-29(30)32(31,25-15-19-27(20-16-25)34(2)3)26-17-21-28(22-18-26)35(4)5/h6-23H,1-5H3/t31-/m1/s1. The van der Waals surface area contributed by atoms with E-state index in [0.29, 0.717) is 0 Å². The first kappa shape index (κ1) is 22.9. The van der Waals surface area contributed by atoms with E-state index in [1.807, 2.05) is 0 Å². The number of para-hydroxylation sites is 1. The fourth-order valence-corrected chi connectivity index (χ4v) is 5.65. The van der Waals surface area contributed by atoms with Crippen molar-refractivity contribution in [1.29, 1.82) is 0 Å². The third-order valence-corrected chi connectivity index (χ3v) is 7.56. The fraction of sp³-hybridized carbons (Fsp3) is 0.219. The summed E-state index contributed by atoms with van der Waals surface area (Å²) in [5, 5.41) is 0. The van der Waals surface area contributed by atoms with E-state index in [1.54, 1.807) is 0 Å². The Labute approximate surface area is 209 Å². The van der Waals surface area contributed by atoms with E-state index in [9.17, 15) is 0 Å². The molecule has 3 heteroatoms. The van der Waals surface area contributed by atoms with Crippen LogP contribution in [0.5, 0.6) is 0 Å². The van der Waals surface area contributed by atoms with Crippen LogP contribution in [0.25, 0.3) is 0 Å². The molecule has 0 unspecified atom stereocenters. The Balaban J connectivity index is 1.89. The predicted molar refractivity (Wildman–Crippen MR) is 150 cm³/mol. The molecule has 4 aromatic rings. The van der Waals surface area contributed by atoms with Gasteiger partial charge >= 0.3 is 0 Å². The summed E-state index contributed by atoms with van der Waals surface area (Å²) >= 11 is 0. The summed E-state index contributed by atoms with van der Waals surface area (Å²) in [5.41, 5.74) is 7.49. The van der Waals surface area contributed by atoms with Crippen molar-refractivity contribution in [2.75, 3.05) is 38.0 Å². The van der Waals surface area contributed by atoms with Crippen molar-refractivity contribution in [1.82, 2.24) is 0 Å². The highest BCUT2D eigenvalue weighted by Gasteiger charge is 2.54. The molecule has 0 N–H and O–H groups in total. The van der Waals surface area contributed by atoms with Gasteiger partial charge in [-0.15, -0.1) is 0 Å². The van der Waals surface area contributed by atoms with E-state index in [0.717, 1.165) is 5.69 Å². The maximum absolute atomic E-state index is 5.02. The van der Waals surface area contributed by atoms with Crippen LogP contribution in [-0.2, 0) is 10.8 Å². The SMILES string of the molecule is CN(C)c1ccc(C2(c3ccc(N(C)C)cc3)c3ccccc3N=C[C@]2(C)c2ccccc2)cc1. The average Bonchev–Trinajstić information content (AvgIpc) is 2.89. The Morgan fingerprint density at radius 3 is 1.54 bits per heavy atom. The largest absolute Gasteiger partial charge is 0.378 e. The number of nitrogens with zero attached hydrogens (tertiary/aromatic N) is 3. The van der Waals surface area contributed by atoms with Crippen molar-refractivity contribution in [2.45, 2.75) is 17.8 Å². The molecule has 4 aromatic carbocycles. The monoisotopic (exact) mass is 459 g/mol. The fourth-order valence-electron chi connectivity index (χ4n) is 5.65. The smallest absolute Gasteiger partial charge is 0.0671 e. The van der Waals surface area contributed by atoms with Crippen LogP contribution in [0.15, 0.2) is 108 Å². The normalized spacial score (nSPS) is 18.1. The van der Waals surface area contributed by atoms with Gasteiger partial charge in [-0.25, -0.2) is 0 Å². The predicted octanol–water partition coefficient (Wildman–Crippen LogP) is 6.83. The Morgan fingerprint density at radius 1 is 0.543 bits per heavy atom. The minimum absolute atomic E-state index is 0.415. The van der Waals surface area contributed by atoms with E-state index in [1.165, 1.54) is 33.6 Å². The zero-order valence-corrected chi connectivity index (χ0v) is 21.2. The molecule has 1 heterocycles. The second-order valence-corrected chi connectivity index (χ2v) is 9.98. The lowest BCUT2D eigenvalue weighted by Crippen LogP contribution is -2.51. The Kier molecular flexibility index (Phi) is 5.72. The third kappa shape index (κ3) is 3.54. The molecule has 1 atom stereocenters. The van der Waals surface area contributed by atoms with Crippen LogP contribution < -0.4 is 9.80 Å². The van der Waals surface area contributed by atoms with Crippen molar-refractivity contribution < 1.29 is 0 Å². The van der Waals surface area contributed by atoms with Crippen LogP contribution in [0, 0.1) is 0 Å². The summed E-state index contributed by atoms with van der Waals surface area (Å²) in [7, 11) is 8.34. The molecule has 0 amide bonds. The molecule has 0 bridgehead atoms. The number of hydrogen-bond donors (Lipinski definition) is 0. The molecule has 0 saturated carbocycles. The molecule has 0 spiro atoms. The Bertz CT molecular complexity index is 1280. The molecule has 0 aliphatic carbocycles. The average molecular weight is 460 g/mol.